The molecule has 0 aliphatic heterocycles. The Morgan fingerprint density at radius 3 is 2.14 bits per heavy atom. The van der Waals surface area contributed by atoms with Gasteiger partial charge in [0.1, 0.15) is 0 Å². The molecule has 0 aliphatic carbocycles. The summed E-state index contributed by atoms with van der Waals surface area (Å²) in [6.45, 7) is 13.8. The van der Waals surface area contributed by atoms with E-state index in [9.17, 15) is 0 Å². The summed E-state index contributed by atoms with van der Waals surface area (Å²) in [5.41, 5.74) is 0.498. The number of hydrogen-bond donors (Lipinski definition) is 1. The Hall–Kier alpha value is -0.0400. The Balaban J connectivity index is 3.72. The number of rotatable bonds is 7. The average Bonchev–Trinajstić information content (AvgIpc) is 2.08. The van der Waals surface area contributed by atoms with Gasteiger partial charge in [0.2, 0.25) is 0 Å². The molecule has 0 bridgehead atoms. The van der Waals surface area contributed by atoms with Crippen molar-refractivity contribution in [3.05, 3.63) is 0 Å². The van der Waals surface area contributed by atoms with Crippen molar-refractivity contribution >= 4 is 0 Å². The molecule has 0 saturated heterocycles. The maximum absolute atomic E-state index is 3.47. The van der Waals surface area contributed by atoms with Gasteiger partial charge in [-0.05, 0) is 43.7 Å². The van der Waals surface area contributed by atoms with Gasteiger partial charge < -0.3 is 5.32 Å². The highest BCUT2D eigenvalue weighted by atomic mass is 14.8. The zero-order chi connectivity index (χ0) is 11.0. The van der Waals surface area contributed by atoms with Gasteiger partial charge in [-0.3, -0.25) is 0 Å². The van der Waals surface area contributed by atoms with Crippen LogP contribution in [-0.4, -0.2) is 13.1 Å². The topological polar surface area (TPSA) is 12.0 Å². The van der Waals surface area contributed by atoms with Gasteiger partial charge in [-0.25, -0.2) is 0 Å². The van der Waals surface area contributed by atoms with Crippen molar-refractivity contribution in [3.63, 3.8) is 0 Å². The summed E-state index contributed by atoms with van der Waals surface area (Å²) in [6, 6.07) is 0. The summed E-state index contributed by atoms with van der Waals surface area (Å²) in [5.74, 6) is 0.888. The molecular formula is C13H29N. The van der Waals surface area contributed by atoms with Gasteiger partial charge in [-0.2, -0.15) is 0 Å². The van der Waals surface area contributed by atoms with Crippen molar-refractivity contribution in [3.8, 4) is 0 Å². The fourth-order valence-corrected chi connectivity index (χ4v) is 1.74. The fraction of sp³-hybridized carbons (Fsp3) is 1.00. The summed E-state index contributed by atoms with van der Waals surface area (Å²) in [7, 11) is 0. The van der Waals surface area contributed by atoms with Crippen LogP contribution in [0.2, 0.25) is 0 Å². The molecule has 0 aromatic rings. The predicted octanol–water partition coefficient (Wildman–Crippen LogP) is 3.84. The zero-order valence-electron chi connectivity index (χ0n) is 10.8. The maximum atomic E-state index is 3.47. The first-order valence-electron chi connectivity index (χ1n) is 6.20. The highest BCUT2D eigenvalue weighted by molar-refractivity contribution is 4.68. The van der Waals surface area contributed by atoms with E-state index in [0.717, 1.165) is 12.5 Å². The highest BCUT2D eigenvalue weighted by Crippen LogP contribution is 2.25. The minimum absolute atomic E-state index is 0.498. The van der Waals surface area contributed by atoms with Gasteiger partial charge in [0.15, 0.2) is 0 Å². The van der Waals surface area contributed by atoms with Crippen LogP contribution >= 0.6 is 0 Å². The van der Waals surface area contributed by atoms with Crippen molar-refractivity contribution in [1.29, 1.82) is 0 Å². The lowest BCUT2D eigenvalue weighted by atomic mass is 9.85. The molecule has 0 amide bonds. The first-order valence-corrected chi connectivity index (χ1v) is 6.20. The molecule has 0 spiro atoms. The summed E-state index contributed by atoms with van der Waals surface area (Å²) >= 11 is 0. The SMILES string of the molecule is CCCC(CCC(C)(C)C)CNCC. The molecule has 1 N–H and O–H groups in total. The van der Waals surface area contributed by atoms with Crippen molar-refractivity contribution in [1.82, 2.24) is 5.32 Å². The van der Waals surface area contributed by atoms with Crippen LogP contribution in [0.15, 0.2) is 0 Å². The van der Waals surface area contributed by atoms with Gasteiger partial charge in [-0.15, -0.1) is 0 Å². The Kier molecular flexibility index (Phi) is 7.26. The molecular weight excluding hydrogens is 170 g/mol. The van der Waals surface area contributed by atoms with Crippen LogP contribution in [0.4, 0.5) is 0 Å². The molecule has 0 aromatic heterocycles. The quantitative estimate of drug-likeness (QED) is 0.657. The van der Waals surface area contributed by atoms with E-state index in [1.165, 1.54) is 32.2 Å². The second-order valence-corrected chi connectivity index (χ2v) is 5.56. The Labute approximate surface area is 90.7 Å². The smallest absolute Gasteiger partial charge is 0.00206 e. The van der Waals surface area contributed by atoms with Gasteiger partial charge in [0, 0.05) is 0 Å². The minimum Gasteiger partial charge on any atom is -0.317 e. The fourth-order valence-electron chi connectivity index (χ4n) is 1.74. The van der Waals surface area contributed by atoms with E-state index in [2.05, 4.69) is 39.9 Å². The summed E-state index contributed by atoms with van der Waals surface area (Å²) in [5, 5.41) is 3.47. The molecule has 1 heteroatoms. The third-order valence-corrected chi connectivity index (χ3v) is 2.68. The second-order valence-electron chi connectivity index (χ2n) is 5.56. The van der Waals surface area contributed by atoms with Crippen LogP contribution < -0.4 is 5.32 Å². The van der Waals surface area contributed by atoms with Crippen LogP contribution in [0.3, 0.4) is 0 Å². The highest BCUT2D eigenvalue weighted by Gasteiger charge is 2.14. The van der Waals surface area contributed by atoms with Crippen LogP contribution in [0.5, 0.6) is 0 Å². The lowest BCUT2D eigenvalue weighted by Crippen LogP contribution is -2.23. The largest absolute Gasteiger partial charge is 0.317 e. The van der Waals surface area contributed by atoms with E-state index in [4.69, 9.17) is 0 Å². The molecule has 1 nitrogen and oxygen atoms in total. The van der Waals surface area contributed by atoms with Crippen molar-refractivity contribution in [2.24, 2.45) is 11.3 Å². The summed E-state index contributed by atoms with van der Waals surface area (Å²) in [6.07, 6.45) is 5.43. The Morgan fingerprint density at radius 1 is 1.07 bits per heavy atom. The van der Waals surface area contributed by atoms with E-state index in [0.29, 0.717) is 5.41 Å². The second kappa shape index (κ2) is 7.28. The predicted molar refractivity (Wildman–Crippen MR) is 65.6 cm³/mol. The van der Waals surface area contributed by atoms with Crippen molar-refractivity contribution in [2.75, 3.05) is 13.1 Å². The molecule has 0 saturated carbocycles. The van der Waals surface area contributed by atoms with Crippen LogP contribution in [-0.2, 0) is 0 Å². The van der Waals surface area contributed by atoms with Gasteiger partial charge in [-0.1, -0.05) is 41.0 Å². The van der Waals surface area contributed by atoms with Crippen molar-refractivity contribution < 1.29 is 0 Å². The van der Waals surface area contributed by atoms with E-state index >= 15 is 0 Å². The lowest BCUT2D eigenvalue weighted by Gasteiger charge is -2.23. The van der Waals surface area contributed by atoms with Gasteiger partial charge in [0.05, 0.1) is 0 Å². The summed E-state index contributed by atoms with van der Waals surface area (Å²) < 4.78 is 0. The van der Waals surface area contributed by atoms with Crippen molar-refractivity contribution in [2.45, 2.75) is 60.3 Å². The molecule has 0 aromatic carbocycles. The van der Waals surface area contributed by atoms with Crippen LogP contribution in [0.25, 0.3) is 0 Å². The van der Waals surface area contributed by atoms with E-state index in [-0.39, 0.29) is 0 Å². The normalized spacial score (nSPS) is 14.4. The molecule has 86 valence electrons. The number of hydrogen-bond acceptors (Lipinski definition) is 1. The van der Waals surface area contributed by atoms with Gasteiger partial charge >= 0.3 is 0 Å². The van der Waals surface area contributed by atoms with E-state index in [1.807, 2.05) is 0 Å². The van der Waals surface area contributed by atoms with Crippen LogP contribution in [0, 0.1) is 11.3 Å². The molecule has 14 heavy (non-hydrogen) atoms. The Bertz CT molecular complexity index is 124. The van der Waals surface area contributed by atoms with Gasteiger partial charge in [0.25, 0.3) is 0 Å². The molecule has 0 aliphatic rings. The molecule has 1 atom stereocenters. The lowest BCUT2D eigenvalue weighted by molar-refractivity contribution is 0.306. The monoisotopic (exact) mass is 199 g/mol. The van der Waals surface area contributed by atoms with E-state index < -0.39 is 0 Å². The Morgan fingerprint density at radius 2 is 1.71 bits per heavy atom. The molecule has 0 fully saturated rings. The minimum atomic E-state index is 0.498. The molecule has 1 unspecified atom stereocenters. The van der Waals surface area contributed by atoms with Crippen LogP contribution in [0.1, 0.15) is 60.3 Å². The average molecular weight is 199 g/mol. The summed E-state index contributed by atoms with van der Waals surface area (Å²) in [4.78, 5) is 0. The first-order chi connectivity index (χ1) is 6.49. The standard InChI is InChI=1S/C13H29N/c1-6-8-12(11-14-7-2)9-10-13(3,4)5/h12,14H,6-11H2,1-5H3. The zero-order valence-corrected chi connectivity index (χ0v) is 10.8. The number of nitrogens with one attached hydrogen (secondary N) is 1. The van der Waals surface area contributed by atoms with E-state index in [1.54, 1.807) is 0 Å². The first kappa shape index (κ1) is 14.0. The molecule has 0 rings (SSSR count). The third-order valence-electron chi connectivity index (χ3n) is 2.68. The maximum Gasteiger partial charge on any atom is -0.00206 e. The molecule has 0 heterocycles. The third kappa shape index (κ3) is 8.55. The molecule has 0 radical (unpaired) electrons.